The number of carboxylic acids is 1. The van der Waals surface area contributed by atoms with Crippen LogP contribution in [0.3, 0.4) is 0 Å². The zero-order valence-electron chi connectivity index (χ0n) is 10.2. The maximum Gasteiger partial charge on any atom is 0.338 e. The molecule has 1 aromatic carbocycles. The van der Waals surface area contributed by atoms with Crippen LogP contribution in [-0.2, 0) is 6.54 Å². The van der Waals surface area contributed by atoms with Crippen molar-refractivity contribution in [1.29, 1.82) is 0 Å². The Morgan fingerprint density at radius 2 is 2.29 bits per heavy atom. The van der Waals surface area contributed by atoms with E-state index >= 15 is 0 Å². The summed E-state index contributed by atoms with van der Waals surface area (Å²) in [5.41, 5.74) is -0.565. The third-order valence-electron chi connectivity index (χ3n) is 2.47. The topological polar surface area (TPSA) is 105 Å². The van der Waals surface area contributed by atoms with E-state index in [2.05, 4.69) is 26.2 Å². The van der Waals surface area contributed by atoms with Crippen LogP contribution in [0, 0.1) is 10.1 Å². The molecule has 1 aromatic heterocycles. The molecule has 2 rings (SSSR count). The summed E-state index contributed by atoms with van der Waals surface area (Å²) < 4.78 is 0.661. The molecule has 21 heavy (non-hydrogen) atoms. The SMILES string of the molecule is O=C(O)c1cc(Br)cc([N+](=O)[O-])c1NCc1cnc(Cl)s1. The van der Waals surface area contributed by atoms with Gasteiger partial charge in [0.2, 0.25) is 0 Å². The number of nitro groups is 1. The van der Waals surface area contributed by atoms with E-state index in [1.165, 1.54) is 29.7 Å². The van der Waals surface area contributed by atoms with E-state index < -0.39 is 10.9 Å². The number of nitrogens with one attached hydrogen (secondary N) is 1. The number of anilines is 1. The van der Waals surface area contributed by atoms with Crippen molar-refractivity contribution in [2.75, 3.05) is 5.32 Å². The van der Waals surface area contributed by atoms with Crippen LogP contribution in [0.15, 0.2) is 22.8 Å². The van der Waals surface area contributed by atoms with Crippen molar-refractivity contribution in [3.05, 3.63) is 47.8 Å². The molecule has 110 valence electrons. The fraction of sp³-hybridized carbons (Fsp3) is 0.0909. The molecule has 0 bridgehead atoms. The molecule has 7 nitrogen and oxygen atoms in total. The number of carbonyl (C=O) groups is 1. The van der Waals surface area contributed by atoms with E-state index in [0.29, 0.717) is 8.94 Å². The summed E-state index contributed by atoms with van der Waals surface area (Å²) in [7, 11) is 0. The van der Waals surface area contributed by atoms with Gasteiger partial charge in [-0.1, -0.05) is 27.5 Å². The van der Waals surface area contributed by atoms with E-state index in [4.69, 9.17) is 11.6 Å². The molecule has 0 saturated heterocycles. The summed E-state index contributed by atoms with van der Waals surface area (Å²) in [5, 5.41) is 23.0. The molecular formula is C11H7BrClN3O4S. The van der Waals surface area contributed by atoms with Crippen molar-refractivity contribution in [1.82, 2.24) is 4.98 Å². The van der Waals surface area contributed by atoms with Gasteiger partial charge < -0.3 is 10.4 Å². The van der Waals surface area contributed by atoms with Crippen LogP contribution >= 0.6 is 38.9 Å². The first kappa shape index (κ1) is 15.7. The molecule has 0 spiro atoms. The largest absolute Gasteiger partial charge is 0.478 e. The number of halogens is 2. The number of hydrogen-bond donors (Lipinski definition) is 2. The minimum Gasteiger partial charge on any atom is -0.478 e. The van der Waals surface area contributed by atoms with Crippen molar-refractivity contribution in [3.63, 3.8) is 0 Å². The molecule has 1 heterocycles. The fourth-order valence-corrected chi connectivity index (χ4v) is 3.00. The van der Waals surface area contributed by atoms with E-state index in [-0.39, 0.29) is 23.5 Å². The van der Waals surface area contributed by atoms with Crippen LogP contribution in [0.2, 0.25) is 4.47 Å². The third-order valence-corrected chi connectivity index (χ3v) is 4.05. The molecule has 0 unspecified atom stereocenters. The Labute approximate surface area is 135 Å². The van der Waals surface area contributed by atoms with Gasteiger partial charge in [0.1, 0.15) is 5.69 Å². The molecule has 2 aromatic rings. The first-order chi connectivity index (χ1) is 9.88. The Balaban J connectivity index is 2.39. The van der Waals surface area contributed by atoms with Crippen LogP contribution in [0.4, 0.5) is 11.4 Å². The summed E-state index contributed by atoms with van der Waals surface area (Å²) in [5.74, 6) is -1.26. The monoisotopic (exact) mass is 391 g/mol. The Hall–Kier alpha value is -1.71. The quantitative estimate of drug-likeness (QED) is 0.592. The highest BCUT2D eigenvalue weighted by molar-refractivity contribution is 9.10. The number of nitrogens with zero attached hydrogens (tertiary/aromatic N) is 2. The van der Waals surface area contributed by atoms with Gasteiger partial charge in [-0.05, 0) is 6.07 Å². The highest BCUT2D eigenvalue weighted by Crippen LogP contribution is 2.33. The second-order valence-corrected chi connectivity index (χ2v) is 6.46. The number of carboxylic acid groups (broad SMARTS) is 1. The lowest BCUT2D eigenvalue weighted by Crippen LogP contribution is -2.08. The van der Waals surface area contributed by atoms with Crippen molar-refractivity contribution in [2.45, 2.75) is 6.54 Å². The third kappa shape index (κ3) is 3.69. The maximum absolute atomic E-state index is 11.2. The average molecular weight is 393 g/mol. The number of aromatic carboxylic acids is 1. The highest BCUT2D eigenvalue weighted by atomic mass is 79.9. The second kappa shape index (κ2) is 6.37. The Kier molecular flexibility index (Phi) is 4.76. The first-order valence-corrected chi connectivity index (χ1v) is 7.42. The van der Waals surface area contributed by atoms with Crippen molar-refractivity contribution in [3.8, 4) is 0 Å². The van der Waals surface area contributed by atoms with Gasteiger partial charge >= 0.3 is 5.97 Å². The Bertz CT molecular complexity index is 686. The first-order valence-electron chi connectivity index (χ1n) is 5.43. The van der Waals surface area contributed by atoms with Gasteiger partial charge in [0, 0.05) is 21.6 Å². The number of thiazole rings is 1. The minimum atomic E-state index is -1.26. The van der Waals surface area contributed by atoms with Crippen molar-refractivity contribution >= 4 is 56.2 Å². The van der Waals surface area contributed by atoms with Gasteiger partial charge in [-0.2, -0.15) is 0 Å². The molecule has 0 aliphatic rings. The molecule has 0 fully saturated rings. The minimum absolute atomic E-state index is 0.0553. The second-order valence-electron chi connectivity index (χ2n) is 3.84. The number of rotatable bonds is 5. The summed E-state index contributed by atoms with van der Waals surface area (Å²) in [6, 6.07) is 2.55. The Morgan fingerprint density at radius 1 is 1.57 bits per heavy atom. The van der Waals surface area contributed by atoms with Crippen molar-refractivity contribution in [2.24, 2.45) is 0 Å². The van der Waals surface area contributed by atoms with Gasteiger partial charge in [-0.3, -0.25) is 10.1 Å². The van der Waals surface area contributed by atoms with Gasteiger partial charge in [0.25, 0.3) is 5.69 Å². The summed E-state index contributed by atoms with van der Waals surface area (Å²) in [6.07, 6.45) is 1.52. The molecule has 0 radical (unpaired) electrons. The predicted molar refractivity (Wildman–Crippen MR) is 82.2 cm³/mol. The van der Waals surface area contributed by atoms with Gasteiger partial charge in [0.05, 0.1) is 17.0 Å². The predicted octanol–water partition coefficient (Wildman–Crippen LogP) is 3.78. The fourth-order valence-electron chi connectivity index (χ4n) is 1.63. The molecule has 2 N–H and O–H groups in total. The number of hydrogen-bond acceptors (Lipinski definition) is 6. The van der Waals surface area contributed by atoms with Crippen molar-refractivity contribution < 1.29 is 14.8 Å². The zero-order chi connectivity index (χ0) is 15.6. The lowest BCUT2D eigenvalue weighted by Gasteiger charge is -2.09. The van der Waals surface area contributed by atoms with Crippen LogP contribution in [0.25, 0.3) is 0 Å². The average Bonchev–Trinajstić information content (AvgIpc) is 2.81. The van der Waals surface area contributed by atoms with Crippen LogP contribution in [0.5, 0.6) is 0 Å². The molecule has 0 aliphatic heterocycles. The highest BCUT2D eigenvalue weighted by Gasteiger charge is 2.23. The summed E-state index contributed by atoms with van der Waals surface area (Å²) in [6.45, 7) is 0.188. The van der Waals surface area contributed by atoms with E-state index in [1.807, 2.05) is 0 Å². The van der Waals surface area contributed by atoms with Crippen LogP contribution in [0.1, 0.15) is 15.2 Å². The van der Waals surface area contributed by atoms with E-state index in [9.17, 15) is 20.0 Å². The molecular weight excluding hydrogens is 386 g/mol. The molecule has 0 saturated carbocycles. The smallest absolute Gasteiger partial charge is 0.338 e. The summed E-state index contributed by atoms with van der Waals surface area (Å²) in [4.78, 5) is 26.3. The van der Waals surface area contributed by atoms with Gasteiger partial charge in [-0.15, -0.1) is 11.3 Å². The zero-order valence-corrected chi connectivity index (χ0v) is 13.3. The van der Waals surface area contributed by atoms with E-state index in [1.54, 1.807) is 0 Å². The van der Waals surface area contributed by atoms with E-state index in [0.717, 1.165) is 4.88 Å². The van der Waals surface area contributed by atoms with Gasteiger partial charge in [0.15, 0.2) is 4.47 Å². The number of nitro benzene ring substituents is 1. The Morgan fingerprint density at radius 3 is 2.81 bits per heavy atom. The lowest BCUT2D eigenvalue weighted by atomic mass is 10.1. The summed E-state index contributed by atoms with van der Waals surface area (Å²) >= 11 is 9.96. The normalized spacial score (nSPS) is 10.4. The standard InChI is InChI=1S/C11H7BrClN3O4S/c12-5-1-7(10(17)18)9(8(2-5)16(19)20)14-3-6-4-15-11(13)21-6/h1-2,4,14H,3H2,(H,17,18). The van der Waals surface area contributed by atoms with Gasteiger partial charge in [-0.25, -0.2) is 9.78 Å². The molecule has 0 atom stereocenters. The van der Waals surface area contributed by atoms with Crippen LogP contribution < -0.4 is 5.32 Å². The molecule has 0 aliphatic carbocycles. The molecule has 0 amide bonds. The lowest BCUT2D eigenvalue weighted by molar-refractivity contribution is -0.384. The number of aromatic nitrogens is 1. The number of benzene rings is 1. The maximum atomic E-state index is 11.2. The van der Waals surface area contributed by atoms with Crippen LogP contribution in [-0.4, -0.2) is 21.0 Å². The molecule has 10 heteroatoms.